The number of fused-ring (bicyclic) bond motifs is 1. The Hall–Kier alpha value is -1.15. The zero-order valence-electron chi connectivity index (χ0n) is 7.71. The smallest absolute Gasteiger partial charge is 0.163 e. The van der Waals surface area contributed by atoms with Gasteiger partial charge in [0.25, 0.3) is 0 Å². The largest absolute Gasteiger partial charge is 0.330 e. The summed E-state index contributed by atoms with van der Waals surface area (Å²) < 4.78 is 0. The standard InChI is InChI=1S/C11H13NO/c1-7-2-3-9-8(6-12)5-11(13)10(9)4-7/h2-4,8H,5-6,12H2,1H3. The van der Waals surface area contributed by atoms with Gasteiger partial charge in [0.05, 0.1) is 0 Å². The molecule has 13 heavy (non-hydrogen) atoms. The number of nitrogens with two attached hydrogens (primary N) is 1. The van der Waals surface area contributed by atoms with Crippen LogP contribution in [-0.2, 0) is 0 Å². The lowest BCUT2D eigenvalue weighted by atomic mass is 10.0. The molecule has 2 rings (SSSR count). The van der Waals surface area contributed by atoms with E-state index >= 15 is 0 Å². The highest BCUT2D eigenvalue weighted by atomic mass is 16.1. The third-order valence-corrected chi connectivity index (χ3v) is 2.67. The maximum Gasteiger partial charge on any atom is 0.163 e. The fraction of sp³-hybridized carbons (Fsp3) is 0.364. The molecule has 0 radical (unpaired) electrons. The lowest BCUT2D eigenvalue weighted by molar-refractivity contribution is 0.0989. The molecule has 2 heteroatoms. The van der Waals surface area contributed by atoms with E-state index in [-0.39, 0.29) is 11.7 Å². The van der Waals surface area contributed by atoms with Gasteiger partial charge in [-0.15, -0.1) is 0 Å². The molecule has 0 spiro atoms. The van der Waals surface area contributed by atoms with Crippen LogP contribution in [-0.4, -0.2) is 12.3 Å². The molecule has 0 bridgehead atoms. The highest BCUT2D eigenvalue weighted by molar-refractivity contribution is 6.01. The molecule has 0 aromatic heterocycles. The highest BCUT2D eigenvalue weighted by Crippen LogP contribution is 2.32. The fourth-order valence-electron chi connectivity index (χ4n) is 1.92. The zero-order chi connectivity index (χ0) is 9.42. The Morgan fingerprint density at radius 3 is 3.00 bits per heavy atom. The molecule has 0 aliphatic heterocycles. The van der Waals surface area contributed by atoms with E-state index in [4.69, 9.17) is 5.73 Å². The second kappa shape index (κ2) is 2.96. The Morgan fingerprint density at radius 2 is 2.31 bits per heavy atom. The minimum absolute atomic E-state index is 0.245. The quantitative estimate of drug-likeness (QED) is 0.704. The number of rotatable bonds is 1. The van der Waals surface area contributed by atoms with E-state index in [0.29, 0.717) is 13.0 Å². The lowest BCUT2D eigenvalue weighted by Crippen LogP contribution is -2.09. The summed E-state index contributed by atoms with van der Waals surface area (Å²) in [6, 6.07) is 6.04. The molecular formula is C11H13NO. The van der Waals surface area contributed by atoms with E-state index in [1.165, 1.54) is 0 Å². The van der Waals surface area contributed by atoms with E-state index in [2.05, 4.69) is 0 Å². The summed E-state index contributed by atoms with van der Waals surface area (Å²) in [5.41, 5.74) is 8.76. The topological polar surface area (TPSA) is 43.1 Å². The fourth-order valence-corrected chi connectivity index (χ4v) is 1.92. The molecule has 2 nitrogen and oxygen atoms in total. The molecule has 0 saturated carbocycles. The molecule has 0 heterocycles. The average molecular weight is 175 g/mol. The second-order valence-corrected chi connectivity index (χ2v) is 3.65. The molecular weight excluding hydrogens is 162 g/mol. The summed E-state index contributed by atoms with van der Waals surface area (Å²) >= 11 is 0. The molecule has 1 aliphatic rings. The van der Waals surface area contributed by atoms with Gasteiger partial charge in [-0.1, -0.05) is 17.7 Å². The lowest BCUT2D eigenvalue weighted by Gasteiger charge is -2.06. The minimum atomic E-state index is 0.245. The Morgan fingerprint density at radius 1 is 1.54 bits per heavy atom. The third-order valence-electron chi connectivity index (χ3n) is 2.67. The van der Waals surface area contributed by atoms with Gasteiger partial charge in [0, 0.05) is 17.9 Å². The van der Waals surface area contributed by atoms with Gasteiger partial charge >= 0.3 is 0 Å². The summed E-state index contributed by atoms with van der Waals surface area (Å²) in [6.45, 7) is 2.57. The van der Waals surface area contributed by atoms with Crippen molar-refractivity contribution >= 4 is 5.78 Å². The number of hydrogen-bond acceptors (Lipinski definition) is 2. The van der Waals surface area contributed by atoms with Crippen LogP contribution in [0.2, 0.25) is 0 Å². The van der Waals surface area contributed by atoms with Crippen LogP contribution in [0.4, 0.5) is 0 Å². The van der Waals surface area contributed by atoms with E-state index in [0.717, 1.165) is 16.7 Å². The van der Waals surface area contributed by atoms with Crippen molar-refractivity contribution in [3.63, 3.8) is 0 Å². The third kappa shape index (κ3) is 1.27. The van der Waals surface area contributed by atoms with E-state index in [9.17, 15) is 4.79 Å². The normalized spacial score (nSPS) is 20.5. The second-order valence-electron chi connectivity index (χ2n) is 3.65. The molecule has 2 N–H and O–H groups in total. The summed E-state index contributed by atoms with van der Waals surface area (Å²) in [7, 11) is 0. The van der Waals surface area contributed by atoms with Crippen molar-refractivity contribution in [1.29, 1.82) is 0 Å². The first-order valence-electron chi connectivity index (χ1n) is 4.56. The minimum Gasteiger partial charge on any atom is -0.330 e. The van der Waals surface area contributed by atoms with Crippen LogP contribution >= 0.6 is 0 Å². The molecule has 1 aromatic rings. The Balaban J connectivity index is 2.52. The first-order valence-corrected chi connectivity index (χ1v) is 4.56. The first-order chi connectivity index (χ1) is 6.22. The Labute approximate surface area is 77.8 Å². The van der Waals surface area contributed by atoms with Gasteiger partial charge < -0.3 is 5.73 Å². The van der Waals surface area contributed by atoms with Crippen LogP contribution in [0.3, 0.4) is 0 Å². The van der Waals surface area contributed by atoms with Crippen molar-refractivity contribution in [2.45, 2.75) is 19.3 Å². The van der Waals surface area contributed by atoms with Gasteiger partial charge in [0.1, 0.15) is 0 Å². The van der Waals surface area contributed by atoms with Gasteiger partial charge in [-0.2, -0.15) is 0 Å². The first kappa shape index (κ1) is 8.45. The van der Waals surface area contributed by atoms with Crippen LogP contribution in [0.5, 0.6) is 0 Å². The number of carbonyl (C=O) groups is 1. The summed E-state index contributed by atoms with van der Waals surface area (Å²) in [4.78, 5) is 11.5. The maximum absolute atomic E-state index is 11.5. The van der Waals surface area contributed by atoms with Gasteiger partial charge in [-0.3, -0.25) is 4.79 Å². The van der Waals surface area contributed by atoms with Crippen molar-refractivity contribution in [2.75, 3.05) is 6.54 Å². The van der Waals surface area contributed by atoms with Crippen LogP contribution in [0, 0.1) is 6.92 Å². The van der Waals surface area contributed by atoms with Gasteiger partial charge in [0.2, 0.25) is 0 Å². The van der Waals surface area contributed by atoms with Crippen molar-refractivity contribution < 1.29 is 4.79 Å². The van der Waals surface area contributed by atoms with E-state index in [1.54, 1.807) is 0 Å². The maximum atomic E-state index is 11.5. The van der Waals surface area contributed by atoms with Crippen LogP contribution in [0.1, 0.15) is 33.8 Å². The van der Waals surface area contributed by atoms with E-state index in [1.807, 2.05) is 25.1 Å². The van der Waals surface area contributed by atoms with Crippen LogP contribution in [0.15, 0.2) is 18.2 Å². The van der Waals surface area contributed by atoms with Gasteiger partial charge in [-0.25, -0.2) is 0 Å². The monoisotopic (exact) mass is 175 g/mol. The number of aryl methyl sites for hydroxylation is 1. The summed E-state index contributed by atoms with van der Waals surface area (Å²) in [6.07, 6.45) is 0.593. The molecule has 0 amide bonds. The molecule has 1 aromatic carbocycles. The predicted octanol–water partition coefficient (Wildman–Crippen LogP) is 1.62. The highest BCUT2D eigenvalue weighted by Gasteiger charge is 2.27. The summed E-state index contributed by atoms with van der Waals surface area (Å²) in [5.74, 6) is 0.497. The molecule has 1 aliphatic carbocycles. The van der Waals surface area contributed by atoms with E-state index < -0.39 is 0 Å². The molecule has 1 unspecified atom stereocenters. The van der Waals surface area contributed by atoms with Gasteiger partial charge in [-0.05, 0) is 25.1 Å². The van der Waals surface area contributed by atoms with Crippen molar-refractivity contribution in [3.05, 3.63) is 34.9 Å². The van der Waals surface area contributed by atoms with Crippen molar-refractivity contribution in [2.24, 2.45) is 5.73 Å². The van der Waals surface area contributed by atoms with Crippen molar-refractivity contribution in [1.82, 2.24) is 0 Å². The number of ketones is 1. The molecule has 0 fully saturated rings. The number of hydrogen-bond donors (Lipinski definition) is 1. The van der Waals surface area contributed by atoms with Gasteiger partial charge in [0.15, 0.2) is 5.78 Å². The molecule has 0 saturated heterocycles. The SMILES string of the molecule is Cc1ccc2c(c1)C(=O)CC2CN. The van der Waals surface area contributed by atoms with Crippen LogP contribution < -0.4 is 5.73 Å². The molecule has 1 atom stereocenters. The Bertz CT molecular complexity index is 357. The van der Waals surface area contributed by atoms with Crippen LogP contribution in [0.25, 0.3) is 0 Å². The Kier molecular flexibility index (Phi) is 1.93. The number of Topliss-reactive ketones (excluding diaryl/α,β-unsaturated/α-hetero) is 1. The molecule has 68 valence electrons. The zero-order valence-corrected chi connectivity index (χ0v) is 7.71. The predicted molar refractivity (Wildman–Crippen MR) is 51.9 cm³/mol. The number of carbonyl (C=O) groups excluding carboxylic acids is 1. The van der Waals surface area contributed by atoms with Crippen molar-refractivity contribution in [3.8, 4) is 0 Å². The number of benzene rings is 1. The summed E-state index contributed by atoms with van der Waals surface area (Å²) in [5, 5.41) is 0. The average Bonchev–Trinajstić information content (AvgIpc) is 2.43.